The molecular weight excluding hydrogens is 368 g/mol. The van der Waals surface area contributed by atoms with Crippen LogP contribution in [0.25, 0.3) is 0 Å². The topological polar surface area (TPSA) is 29.0 Å². The summed E-state index contributed by atoms with van der Waals surface area (Å²) in [6.45, 7) is 4.32. The van der Waals surface area contributed by atoms with E-state index in [0.717, 1.165) is 6.54 Å². The predicted molar refractivity (Wildman–Crippen MR) is 130 cm³/mol. The fourth-order valence-electron chi connectivity index (χ4n) is 4.37. The highest BCUT2D eigenvalue weighted by Gasteiger charge is 2.02. The highest BCUT2D eigenvalue weighted by atomic mass is 16.3. The Bertz CT molecular complexity index is 457. The standard InChI is InChI=1S/C27H53N2O/c1-2-3-4-5-6-7-8-9-10-11-12-13-14-15-16-17-18-19-20-21-22-28-23-24-29(27-28)25-26-30/h23-24,27,30H,2-22,25-26H2,1H3/q+1. The maximum Gasteiger partial charge on any atom is 0.243 e. The molecule has 0 unspecified atom stereocenters. The molecule has 1 aromatic rings. The largest absolute Gasteiger partial charge is 0.392 e. The number of hydrogen-bond donors (Lipinski definition) is 1. The third-order valence-corrected chi connectivity index (χ3v) is 6.37. The van der Waals surface area contributed by atoms with E-state index in [-0.39, 0.29) is 6.61 Å². The van der Waals surface area contributed by atoms with Crippen LogP contribution < -0.4 is 4.57 Å². The van der Waals surface area contributed by atoms with Gasteiger partial charge >= 0.3 is 0 Å². The van der Waals surface area contributed by atoms with Crippen molar-refractivity contribution in [1.29, 1.82) is 0 Å². The minimum atomic E-state index is 0.216. The fraction of sp³-hybridized carbons (Fsp3) is 0.889. The van der Waals surface area contributed by atoms with Crippen LogP contribution >= 0.6 is 0 Å². The van der Waals surface area contributed by atoms with E-state index in [4.69, 9.17) is 5.11 Å². The second-order valence-electron chi connectivity index (χ2n) is 9.33. The number of nitrogens with zero attached hydrogens (tertiary/aromatic N) is 2. The van der Waals surface area contributed by atoms with Gasteiger partial charge in [-0.2, -0.15) is 0 Å². The second-order valence-corrected chi connectivity index (χ2v) is 9.33. The summed E-state index contributed by atoms with van der Waals surface area (Å²) in [5.74, 6) is 0. The molecule has 0 aromatic carbocycles. The number of aryl methyl sites for hydroxylation is 1. The first-order valence-corrected chi connectivity index (χ1v) is 13.5. The molecule has 0 spiro atoms. The molecule has 1 aromatic heterocycles. The highest BCUT2D eigenvalue weighted by Crippen LogP contribution is 2.14. The first-order chi connectivity index (χ1) is 14.9. The van der Waals surface area contributed by atoms with Crippen LogP contribution in [0.2, 0.25) is 0 Å². The number of unbranched alkanes of at least 4 members (excludes halogenated alkanes) is 19. The maximum absolute atomic E-state index is 8.95. The molecule has 3 heteroatoms. The predicted octanol–water partition coefficient (Wildman–Crippen LogP) is 7.59. The lowest BCUT2D eigenvalue weighted by Crippen LogP contribution is -2.30. The van der Waals surface area contributed by atoms with Crippen LogP contribution in [0.1, 0.15) is 135 Å². The lowest BCUT2D eigenvalue weighted by molar-refractivity contribution is -0.696. The first kappa shape index (κ1) is 27.2. The van der Waals surface area contributed by atoms with E-state index in [1.807, 2.05) is 6.20 Å². The molecule has 0 saturated carbocycles. The Hall–Kier alpha value is -0.830. The first-order valence-electron chi connectivity index (χ1n) is 13.5. The minimum absolute atomic E-state index is 0.216. The second kappa shape index (κ2) is 21.4. The molecule has 1 heterocycles. The van der Waals surface area contributed by atoms with E-state index in [1.165, 1.54) is 128 Å². The Morgan fingerprint density at radius 2 is 1.00 bits per heavy atom. The van der Waals surface area contributed by atoms with Gasteiger partial charge in [-0.1, -0.05) is 122 Å². The van der Waals surface area contributed by atoms with Crippen LogP contribution in [0.3, 0.4) is 0 Å². The zero-order valence-corrected chi connectivity index (χ0v) is 20.3. The summed E-state index contributed by atoms with van der Waals surface area (Å²) >= 11 is 0. The molecule has 0 bridgehead atoms. The summed E-state index contributed by atoms with van der Waals surface area (Å²) in [5.41, 5.74) is 0. The lowest BCUT2D eigenvalue weighted by Gasteiger charge is -2.04. The Morgan fingerprint density at radius 1 is 0.600 bits per heavy atom. The Labute approximate surface area is 188 Å². The molecule has 1 N–H and O–H groups in total. The van der Waals surface area contributed by atoms with Gasteiger partial charge in [-0.15, -0.1) is 0 Å². The summed E-state index contributed by atoms with van der Waals surface area (Å²) in [5, 5.41) is 8.95. The molecule has 1 rings (SSSR count). The third-order valence-electron chi connectivity index (χ3n) is 6.37. The van der Waals surface area contributed by atoms with Crippen LogP contribution in [0.4, 0.5) is 0 Å². The number of aliphatic hydroxyl groups excluding tert-OH is 1. The summed E-state index contributed by atoms with van der Waals surface area (Å²) in [4.78, 5) is 0. The molecule has 3 nitrogen and oxygen atoms in total. The van der Waals surface area contributed by atoms with E-state index in [1.54, 1.807) is 0 Å². The number of imidazole rings is 1. The third kappa shape index (κ3) is 16.9. The molecule has 0 radical (unpaired) electrons. The normalized spacial score (nSPS) is 11.4. The van der Waals surface area contributed by atoms with Crippen molar-refractivity contribution in [3.05, 3.63) is 18.7 Å². The van der Waals surface area contributed by atoms with Crippen LogP contribution in [-0.4, -0.2) is 16.3 Å². The number of rotatable bonds is 23. The molecule has 0 atom stereocenters. The summed E-state index contributed by atoms with van der Waals surface area (Å²) in [6.07, 6.45) is 34.9. The Balaban J connectivity index is 1.71. The zero-order valence-electron chi connectivity index (χ0n) is 20.3. The van der Waals surface area contributed by atoms with Gasteiger partial charge in [-0.05, 0) is 12.8 Å². The van der Waals surface area contributed by atoms with Gasteiger partial charge in [0.15, 0.2) is 0 Å². The molecule has 0 fully saturated rings. The fourth-order valence-corrected chi connectivity index (χ4v) is 4.37. The minimum Gasteiger partial charge on any atom is -0.392 e. The van der Waals surface area contributed by atoms with Gasteiger partial charge in [0.05, 0.1) is 13.2 Å². The smallest absolute Gasteiger partial charge is 0.243 e. The Morgan fingerprint density at radius 3 is 1.40 bits per heavy atom. The van der Waals surface area contributed by atoms with Gasteiger partial charge in [-0.3, -0.25) is 0 Å². The van der Waals surface area contributed by atoms with Crippen molar-refractivity contribution >= 4 is 0 Å². The molecule has 176 valence electrons. The molecular formula is C27H53N2O+. The quantitative estimate of drug-likeness (QED) is 0.143. The van der Waals surface area contributed by atoms with Gasteiger partial charge in [0.2, 0.25) is 6.33 Å². The van der Waals surface area contributed by atoms with E-state index in [0.29, 0.717) is 6.54 Å². The van der Waals surface area contributed by atoms with Crippen molar-refractivity contribution in [2.45, 2.75) is 148 Å². The van der Waals surface area contributed by atoms with E-state index in [2.05, 4.69) is 28.6 Å². The number of aliphatic hydroxyl groups is 1. The van der Waals surface area contributed by atoms with Crippen LogP contribution in [0.15, 0.2) is 18.7 Å². The van der Waals surface area contributed by atoms with Crippen molar-refractivity contribution in [2.75, 3.05) is 6.61 Å². The lowest BCUT2D eigenvalue weighted by atomic mass is 10.0. The highest BCUT2D eigenvalue weighted by molar-refractivity contribution is 4.65. The van der Waals surface area contributed by atoms with Crippen molar-refractivity contribution < 1.29 is 9.67 Å². The summed E-state index contributed by atoms with van der Waals surface area (Å²) in [7, 11) is 0. The number of hydrogen-bond acceptors (Lipinski definition) is 1. The molecule has 0 amide bonds. The van der Waals surface area contributed by atoms with Gasteiger partial charge in [0.25, 0.3) is 0 Å². The molecule has 0 aliphatic heterocycles. The van der Waals surface area contributed by atoms with Crippen molar-refractivity contribution in [3.63, 3.8) is 0 Å². The zero-order chi connectivity index (χ0) is 21.5. The molecule has 0 aliphatic rings. The van der Waals surface area contributed by atoms with E-state index < -0.39 is 0 Å². The summed E-state index contributed by atoms with van der Waals surface area (Å²) < 4.78 is 4.29. The van der Waals surface area contributed by atoms with Gasteiger partial charge in [0.1, 0.15) is 18.9 Å². The van der Waals surface area contributed by atoms with Crippen LogP contribution in [0, 0.1) is 0 Å². The average Bonchev–Trinajstić information content (AvgIpc) is 3.20. The van der Waals surface area contributed by atoms with Crippen molar-refractivity contribution in [2.24, 2.45) is 0 Å². The van der Waals surface area contributed by atoms with Gasteiger partial charge in [-0.25, -0.2) is 9.13 Å². The molecule has 0 aliphatic carbocycles. The van der Waals surface area contributed by atoms with Crippen LogP contribution in [0.5, 0.6) is 0 Å². The maximum atomic E-state index is 8.95. The van der Waals surface area contributed by atoms with Crippen LogP contribution in [-0.2, 0) is 13.1 Å². The van der Waals surface area contributed by atoms with E-state index >= 15 is 0 Å². The van der Waals surface area contributed by atoms with E-state index in [9.17, 15) is 0 Å². The molecule has 0 saturated heterocycles. The van der Waals surface area contributed by atoms with Crippen molar-refractivity contribution in [3.8, 4) is 0 Å². The average molecular weight is 422 g/mol. The SMILES string of the molecule is CCCCCCCCCCCCCCCCCCCCCC[n+]1ccn(CCO)c1. The monoisotopic (exact) mass is 421 g/mol. The van der Waals surface area contributed by atoms with Gasteiger partial charge in [0, 0.05) is 0 Å². The summed E-state index contributed by atoms with van der Waals surface area (Å²) in [6, 6.07) is 0. The Kier molecular flexibility index (Phi) is 19.4. The van der Waals surface area contributed by atoms with Gasteiger partial charge < -0.3 is 5.11 Å². The number of aromatic nitrogens is 2. The van der Waals surface area contributed by atoms with Crippen molar-refractivity contribution in [1.82, 2.24) is 4.57 Å². The molecule has 30 heavy (non-hydrogen) atoms.